The Kier molecular flexibility index (Phi) is 3.42. The Morgan fingerprint density at radius 3 is 2.81 bits per heavy atom. The smallest absolute Gasteiger partial charge is 0.0720 e. The largest absolute Gasteiger partial charge is 0.330 e. The molecule has 3 heteroatoms. The van der Waals surface area contributed by atoms with Crippen molar-refractivity contribution in [2.24, 2.45) is 11.7 Å². The van der Waals surface area contributed by atoms with E-state index in [2.05, 4.69) is 24.0 Å². The average Bonchev–Trinajstić information content (AvgIpc) is 2.28. The second-order valence-corrected chi connectivity index (χ2v) is 4.62. The SMILES string of the molecule is CC(CN)Cc1ccc2ccc(Cl)cc2n1. The molecular weight excluding hydrogens is 220 g/mol. The number of hydrogen-bond acceptors (Lipinski definition) is 2. The third-order valence-corrected chi connectivity index (χ3v) is 2.91. The van der Waals surface area contributed by atoms with Gasteiger partial charge in [0, 0.05) is 16.1 Å². The van der Waals surface area contributed by atoms with Crippen LogP contribution in [0.1, 0.15) is 12.6 Å². The summed E-state index contributed by atoms with van der Waals surface area (Å²) in [5.74, 6) is 0.462. The molecule has 0 radical (unpaired) electrons. The maximum absolute atomic E-state index is 5.94. The molecule has 84 valence electrons. The van der Waals surface area contributed by atoms with Gasteiger partial charge in [-0.3, -0.25) is 4.98 Å². The first-order valence-electron chi connectivity index (χ1n) is 5.44. The second kappa shape index (κ2) is 4.81. The maximum Gasteiger partial charge on any atom is 0.0720 e. The van der Waals surface area contributed by atoms with Gasteiger partial charge in [-0.05, 0) is 37.1 Å². The Morgan fingerprint density at radius 1 is 1.31 bits per heavy atom. The lowest BCUT2D eigenvalue weighted by atomic mass is 10.0. The van der Waals surface area contributed by atoms with Crippen LogP contribution in [0.15, 0.2) is 30.3 Å². The molecule has 2 N–H and O–H groups in total. The first-order valence-corrected chi connectivity index (χ1v) is 5.82. The molecule has 0 spiro atoms. The van der Waals surface area contributed by atoms with Crippen LogP contribution < -0.4 is 5.73 Å². The molecule has 1 atom stereocenters. The van der Waals surface area contributed by atoms with E-state index in [0.717, 1.165) is 28.0 Å². The van der Waals surface area contributed by atoms with Crippen molar-refractivity contribution in [1.82, 2.24) is 4.98 Å². The van der Waals surface area contributed by atoms with Crippen LogP contribution in [-0.4, -0.2) is 11.5 Å². The fourth-order valence-corrected chi connectivity index (χ4v) is 1.85. The van der Waals surface area contributed by atoms with Crippen LogP contribution in [0.4, 0.5) is 0 Å². The van der Waals surface area contributed by atoms with Crippen LogP contribution in [0, 0.1) is 5.92 Å². The van der Waals surface area contributed by atoms with E-state index in [0.29, 0.717) is 12.5 Å². The Bertz CT molecular complexity index is 496. The minimum Gasteiger partial charge on any atom is -0.330 e. The number of rotatable bonds is 3. The molecule has 0 aliphatic heterocycles. The Morgan fingerprint density at radius 2 is 2.06 bits per heavy atom. The molecule has 0 saturated heterocycles. The maximum atomic E-state index is 5.94. The zero-order valence-corrected chi connectivity index (χ0v) is 10.0. The predicted octanol–water partition coefficient (Wildman–Crippen LogP) is 3.03. The van der Waals surface area contributed by atoms with Gasteiger partial charge in [-0.15, -0.1) is 0 Å². The molecule has 0 aliphatic carbocycles. The van der Waals surface area contributed by atoms with Crippen molar-refractivity contribution in [3.8, 4) is 0 Å². The van der Waals surface area contributed by atoms with Crippen LogP contribution in [-0.2, 0) is 6.42 Å². The number of hydrogen-bond donors (Lipinski definition) is 1. The summed E-state index contributed by atoms with van der Waals surface area (Å²) < 4.78 is 0. The van der Waals surface area contributed by atoms with E-state index in [9.17, 15) is 0 Å². The molecule has 2 rings (SSSR count). The van der Waals surface area contributed by atoms with E-state index in [-0.39, 0.29) is 0 Å². The minimum atomic E-state index is 0.462. The zero-order valence-electron chi connectivity index (χ0n) is 9.28. The average molecular weight is 235 g/mol. The van der Waals surface area contributed by atoms with E-state index in [1.165, 1.54) is 0 Å². The van der Waals surface area contributed by atoms with Crippen molar-refractivity contribution in [3.63, 3.8) is 0 Å². The molecule has 0 bridgehead atoms. The molecule has 16 heavy (non-hydrogen) atoms. The Labute approximate surface area is 100 Å². The summed E-state index contributed by atoms with van der Waals surface area (Å²) in [6.45, 7) is 2.82. The Hall–Kier alpha value is -1.12. The van der Waals surface area contributed by atoms with E-state index >= 15 is 0 Å². The van der Waals surface area contributed by atoms with Crippen LogP contribution in [0.25, 0.3) is 10.9 Å². The van der Waals surface area contributed by atoms with Gasteiger partial charge in [0.1, 0.15) is 0 Å². The first kappa shape index (κ1) is 11.4. The summed E-state index contributed by atoms with van der Waals surface area (Å²) >= 11 is 5.94. The lowest BCUT2D eigenvalue weighted by molar-refractivity contribution is 0.585. The number of aromatic nitrogens is 1. The summed E-state index contributed by atoms with van der Waals surface area (Å²) in [6.07, 6.45) is 0.916. The number of pyridine rings is 1. The quantitative estimate of drug-likeness (QED) is 0.887. The summed E-state index contributed by atoms with van der Waals surface area (Å²) in [6, 6.07) is 9.90. The van der Waals surface area contributed by atoms with Gasteiger partial charge in [0.15, 0.2) is 0 Å². The van der Waals surface area contributed by atoms with Gasteiger partial charge in [0.2, 0.25) is 0 Å². The standard InChI is InChI=1S/C13H15ClN2/c1-9(8-15)6-12-5-3-10-2-4-11(14)7-13(10)16-12/h2-5,7,9H,6,8,15H2,1H3. The monoisotopic (exact) mass is 234 g/mol. The van der Waals surface area contributed by atoms with Gasteiger partial charge in [-0.1, -0.05) is 30.7 Å². The molecule has 0 aliphatic rings. The van der Waals surface area contributed by atoms with Gasteiger partial charge in [0.25, 0.3) is 0 Å². The number of halogens is 1. The highest BCUT2D eigenvalue weighted by Gasteiger charge is 2.04. The van der Waals surface area contributed by atoms with Gasteiger partial charge in [-0.2, -0.15) is 0 Å². The van der Waals surface area contributed by atoms with Crippen molar-refractivity contribution in [2.75, 3.05) is 6.54 Å². The molecule has 1 unspecified atom stereocenters. The molecule has 0 fully saturated rings. The van der Waals surface area contributed by atoms with Gasteiger partial charge in [-0.25, -0.2) is 0 Å². The van der Waals surface area contributed by atoms with Crippen molar-refractivity contribution in [3.05, 3.63) is 41.0 Å². The summed E-state index contributed by atoms with van der Waals surface area (Å²) in [7, 11) is 0. The highest BCUT2D eigenvalue weighted by molar-refractivity contribution is 6.31. The third kappa shape index (κ3) is 2.52. The number of benzene rings is 1. The van der Waals surface area contributed by atoms with Crippen LogP contribution in [0.3, 0.4) is 0 Å². The van der Waals surface area contributed by atoms with Crippen LogP contribution in [0.2, 0.25) is 5.02 Å². The van der Waals surface area contributed by atoms with E-state index in [4.69, 9.17) is 17.3 Å². The zero-order chi connectivity index (χ0) is 11.5. The molecule has 1 aromatic heterocycles. The molecule has 0 saturated carbocycles. The molecule has 2 aromatic rings. The fourth-order valence-electron chi connectivity index (χ4n) is 1.69. The first-order chi connectivity index (χ1) is 7.69. The van der Waals surface area contributed by atoms with Crippen molar-refractivity contribution < 1.29 is 0 Å². The predicted molar refractivity (Wildman–Crippen MR) is 68.7 cm³/mol. The lowest BCUT2D eigenvalue weighted by Crippen LogP contribution is -2.13. The third-order valence-electron chi connectivity index (χ3n) is 2.67. The van der Waals surface area contributed by atoms with Crippen molar-refractivity contribution in [2.45, 2.75) is 13.3 Å². The second-order valence-electron chi connectivity index (χ2n) is 4.18. The number of fused-ring (bicyclic) bond motifs is 1. The lowest BCUT2D eigenvalue weighted by Gasteiger charge is -2.08. The highest BCUT2D eigenvalue weighted by atomic mass is 35.5. The van der Waals surface area contributed by atoms with Crippen molar-refractivity contribution >= 4 is 22.5 Å². The molecule has 0 amide bonds. The molecule has 2 nitrogen and oxygen atoms in total. The van der Waals surface area contributed by atoms with Crippen LogP contribution in [0.5, 0.6) is 0 Å². The highest BCUT2D eigenvalue weighted by Crippen LogP contribution is 2.18. The van der Waals surface area contributed by atoms with Gasteiger partial charge >= 0.3 is 0 Å². The Balaban J connectivity index is 2.35. The van der Waals surface area contributed by atoms with E-state index in [1.807, 2.05) is 18.2 Å². The summed E-state index contributed by atoms with van der Waals surface area (Å²) in [4.78, 5) is 4.58. The normalized spacial score (nSPS) is 12.9. The van der Waals surface area contributed by atoms with Crippen LogP contribution >= 0.6 is 11.6 Å². The molecule has 1 heterocycles. The molecule has 1 aromatic carbocycles. The van der Waals surface area contributed by atoms with E-state index < -0.39 is 0 Å². The minimum absolute atomic E-state index is 0.462. The number of nitrogens with two attached hydrogens (primary N) is 1. The number of nitrogens with zero attached hydrogens (tertiary/aromatic N) is 1. The molecular formula is C13H15ClN2. The van der Waals surface area contributed by atoms with Gasteiger partial charge < -0.3 is 5.73 Å². The summed E-state index contributed by atoms with van der Waals surface area (Å²) in [5, 5.41) is 1.84. The summed E-state index contributed by atoms with van der Waals surface area (Å²) in [5.41, 5.74) is 7.64. The topological polar surface area (TPSA) is 38.9 Å². The van der Waals surface area contributed by atoms with Gasteiger partial charge in [0.05, 0.1) is 5.52 Å². The van der Waals surface area contributed by atoms with E-state index in [1.54, 1.807) is 0 Å². The van der Waals surface area contributed by atoms with Crippen molar-refractivity contribution in [1.29, 1.82) is 0 Å². The fraction of sp³-hybridized carbons (Fsp3) is 0.308.